The minimum absolute atomic E-state index is 0.699. The zero-order valence-corrected chi connectivity index (χ0v) is 11.3. The number of aromatic nitrogens is 1. The molecule has 19 heavy (non-hydrogen) atoms. The summed E-state index contributed by atoms with van der Waals surface area (Å²) in [7, 11) is 3.74. The molecule has 0 atom stereocenters. The third kappa shape index (κ3) is 3.61. The van der Waals surface area contributed by atoms with Crippen molar-refractivity contribution in [2.24, 2.45) is 0 Å². The third-order valence-electron chi connectivity index (χ3n) is 3.05. The SMILES string of the molecule is COc1cccc(N(C)CCc2ccc(N)cn2)c1. The molecule has 2 N–H and O–H groups in total. The molecule has 100 valence electrons. The molecule has 0 unspecified atom stereocenters. The van der Waals surface area contributed by atoms with Crippen molar-refractivity contribution in [1.29, 1.82) is 0 Å². The number of hydrogen-bond acceptors (Lipinski definition) is 4. The Kier molecular flexibility index (Phi) is 4.23. The van der Waals surface area contributed by atoms with Crippen LogP contribution in [0, 0.1) is 0 Å². The molecule has 0 fully saturated rings. The summed E-state index contributed by atoms with van der Waals surface area (Å²) in [6.07, 6.45) is 2.58. The molecule has 0 aliphatic heterocycles. The van der Waals surface area contributed by atoms with Crippen LogP contribution < -0.4 is 15.4 Å². The average Bonchev–Trinajstić information content (AvgIpc) is 2.46. The first-order chi connectivity index (χ1) is 9.19. The second-order valence-electron chi connectivity index (χ2n) is 4.46. The van der Waals surface area contributed by atoms with E-state index in [1.807, 2.05) is 30.3 Å². The van der Waals surface area contributed by atoms with Crippen molar-refractivity contribution >= 4 is 11.4 Å². The molecule has 0 radical (unpaired) electrons. The van der Waals surface area contributed by atoms with E-state index in [0.29, 0.717) is 5.69 Å². The second kappa shape index (κ2) is 6.09. The van der Waals surface area contributed by atoms with E-state index < -0.39 is 0 Å². The van der Waals surface area contributed by atoms with Crippen LogP contribution in [0.15, 0.2) is 42.6 Å². The van der Waals surface area contributed by atoms with Gasteiger partial charge in [0.1, 0.15) is 5.75 Å². The highest BCUT2D eigenvalue weighted by molar-refractivity contribution is 5.50. The Morgan fingerprint density at radius 3 is 2.79 bits per heavy atom. The van der Waals surface area contributed by atoms with Crippen molar-refractivity contribution in [3.63, 3.8) is 0 Å². The number of rotatable bonds is 5. The van der Waals surface area contributed by atoms with Gasteiger partial charge in [-0.1, -0.05) is 6.07 Å². The predicted molar refractivity (Wildman–Crippen MR) is 78.6 cm³/mol. The maximum Gasteiger partial charge on any atom is 0.120 e. The van der Waals surface area contributed by atoms with Crippen molar-refractivity contribution in [2.75, 3.05) is 31.3 Å². The topological polar surface area (TPSA) is 51.4 Å². The Hall–Kier alpha value is -2.23. The lowest BCUT2D eigenvalue weighted by Crippen LogP contribution is -2.20. The molecule has 0 bridgehead atoms. The van der Waals surface area contributed by atoms with Crippen LogP contribution in [0.5, 0.6) is 5.75 Å². The first kappa shape index (κ1) is 13.2. The quantitative estimate of drug-likeness (QED) is 0.893. The molecule has 0 saturated carbocycles. The number of nitrogen functional groups attached to an aromatic ring is 1. The standard InChI is InChI=1S/C15H19N3O/c1-18(14-4-3-5-15(10-14)19-2)9-8-13-7-6-12(16)11-17-13/h3-7,10-11H,8-9,16H2,1-2H3. The van der Waals surface area contributed by atoms with Crippen LogP contribution >= 0.6 is 0 Å². The predicted octanol–water partition coefficient (Wildman–Crippen LogP) is 2.35. The summed E-state index contributed by atoms with van der Waals surface area (Å²) in [6.45, 7) is 0.893. The molecule has 4 nitrogen and oxygen atoms in total. The van der Waals surface area contributed by atoms with Gasteiger partial charge >= 0.3 is 0 Å². The molecule has 0 aliphatic carbocycles. The Labute approximate surface area is 113 Å². The lowest BCUT2D eigenvalue weighted by Gasteiger charge is -2.19. The Morgan fingerprint density at radius 2 is 2.11 bits per heavy atom. The van der Waals surface area contributed by atoms with Gasteiger partial charge < -0.3 is 15.4 Å². The van der Waals surface area contributed by atoms with Gasteiger partial charge in [-0.15, -0.1) is 0 Å². The summed E-state index contributed by atoms with van der Waals surface area (Å²) in [6, 6.07) is 11.9. The first-order valence-electron chi connectivity index (χ1n) is 6.24. The molecular weight excluding hydrogens is 238 g/mol. The number of ether oxygens (including phenoxy) is 1. The lowest BCUT2D eigenvalue weighted by atomic mass is 10.2. The molecule has 1 heterocycles. The maximum atomic E-state index is 5.62. The van der Waals surface area contributed by atoms with Crippen molar-refractivity contribution < 1.29 is 4.74 Å². The summed E-state index contributed by atoms with van der Waals surface area (Å²) < 4.78 is 5.23. The van der Waals surface area contributed by atoms with Crippen LogP contribution in [-0.4, -0.2) is 25.7 Å². The van der Waals surface area contributed by atoms with E-state index in [1.165, 1.54) is 0 Å². The highest BCUT2D eigenvalue weighted by Gasteiger charge is 2.03. The van der Waals surface area contributed by atoms with E-state index in [4.69, 9.17) is 10.5 Å². The summed E-state index contributed by atoms with van der Waals surface area (Å²) in [5.41, 5.74) is 8.50. The van der Waals surface area contributed by atoms with Gasteiger partial charge in [0.25, 0.3) is 0 Å². The van der Waals surface area contributed by atoms with Crippen LogP contribution in [0.3, 0.4) is 0 Å². The van der Waals surface area contributed by atoms with E-state index in [-0.39, 0.29) is 0 Å². The molecule has 0 aliphatic rings. The number of benzene rings is 1. The fourth-order valence-corrected chi connectivity index (χ4v) is 1.84. The zero-order chi connectivity index (χ0) is 13.7. The number of methoxy groups -OCH3 is 1. The minimum atomic E-state index is 0.699. The fourth-order valence-electron chi connectivity index (χ4n) is 1.84. The molecule has 2 rings (SSSR count). The van der Waals surface area contributed by atoms with Crippen LogP contribution in [0.1, 0.15) is 5.69 Å². The molecule has 2 aromatic rings. The molecular formula is C15H19N3O. The van der Waals surface area contributed by atoms with Crippen LogP contribution in [0.25, 0.3) is 0 Å². The number of nitrogens with zero attached hydrogens (tertiary/aromatic N) is 2. The van der Waals surface area contributed by atoms with E-state index in [0.717, 1.165) is 30.1 Å². The number of anilines is 2. The normalized spacial score (nSPS) is 10.2. The van der Waals surface area contributed by atoms with E-state index in [2.05, 4.69) is 23.0 Å². The van der Waals surface area contributed by atoms with Crippen molar-refractivity contribution in [2.45, 2.75) is 6.42 Å². The molecule has 4 heteroatoms. The Morgan fingerprint density at radius 1 is 1.26 bits per heavy atom. The summed E-state index contributed by atoms with van der Waals surface area (Å²) in [4.78, 5) is 6.48. The zero-order valence-electron chi connectivity index (χ0n) is 11.3. The molecule has 1 aromatic heterocycles. The van der Waals surface area contributed by atoms with Crippen molar-refractivity contribution in [3.8, 4) is 5.75 Å². The number of nitrogens with two attached hydrogens (primary N) is 1. The van der Waals surface area contributed by atoms with Gasteiger partial charge in [-0.3, -0.25) is 4.98 Å². The van der Waals surface area contributed by atoms with Crippen LogP contribution in [0.4, 0.5) is 11.4 Å². The van der Waals surface area contributed by atoms with Gasteiger partial charge in [0.15, 0.2) is 0 Å². The molecule has 0 amide bonds. The van der Waals surface area contributed by atoms with Crippen molar-refractivity contribution in [1.82, 2.24) is 4.98 Å². The number of hydrogen-bond donors (Lipinski definition) is 1. The summed E-state index contributed by atoms with van der Waals surface area (Å²) in [5.74, 6) is 0.870. The molecule has 1 aromatic carbocycles. The van der Waals surface area contributed by atoms with E-state index in [1.54, 1.807) is 13.3 Å². The number of pyridine rings is 1. The second-order valence-corrected chi connectivity index (χ2v) is 4.46. The largest absolute Gasteiger partial charge is 0.497 e. The molecule has 0 spiro atoms. The lowest BCUT2D eigenvalue weighted by molar-refractivity contribution is 0.415. The Balaban J connectivity index is 1.96. The van der Waals surface area contributed by atoms with Crippen molar-refractivity contribution in [3.05, 3.63) is 48.3 Å². The van der Waals surface area contributed by atoms with E-state index >= 15 is 0 Å². The summed E-state index contributed by atoms with van der Waals surface area (Å²) in [5, 5.41) is 0. The fraction of sp³-hybridized carbons (Fsp3) is 0.267. The van der Waals surface area contributed by atoms with Crippen LogP contribution in [0.2, 0.25) is 0 Å². The third-order valence-corrected chi connectivity index (χ3v) is 3.05. The Bertz CT molecular complexity index is 525. The maximum absolute atomic E-state index is 5.62. The van der Waals surface area contributed by atoms with Gasteiger partial charge in [0, 0.05) is 37.5 Å². The highest BCUT2D eigenvalue weighted by atomic mass is 16.5. The summed E-state index contributed by atoms with van der Waals surface area (Å²) >= 11 is 0. The highest BCUT2D eigenvalue weighted by Crippen LogP contribution is 2.19. The minimum Gasteiger partial charge on any atom is -0.497 e. The van der Waals surface area contributed by atoms with Gasteiger partial charge in [-0.05, 0) is 24.3 Å². The smallest absolute Gasteiger partial charge is 0.120 e. The average molecular weight is 257 g/mol. The number of likely N-dealkylation sites (N-methyl/N-ethyl adjacent to an activating group) is 1. The molecule has 0 saturated heterocycles. The first-order valence-corrected chi connectivity index (χ1v) is 6.24. The van der Waals surface area contributed by atoms with Gasteiger partial charge in [-0.2, -0.15) is 0 Å². The van der Waals surface area contributed by atoms with Gasteiger partial charge in [0.2, 0.25) is 0 Å². The van der Waals surface area contributed by atoms with E-state index in [9.17, 15) is 0 Å². The van der Waals surface area contributed by atoms with Crippen LogP contribution in [-0.2, 0) is 6.42 Å². The monoisotopic (exact) mass is 257 g/mol. The van der Waals surface area contributed by atoms with Gasteiger partial charge in [-0.25, -0.2) is 0 Å². The van der Waals surface area contributed by atoms with Gasteiger partial charge in [0.05, 0.1) is 19.0 Å².